The molecule has 196 valence electrons. The summed E-state index contributed by atoms with van der Waals surface area (Å²) < 4.78 is 69.6. The Balaban J connectivity index is 1.71. The van der Waals surface area contributed by atoms with Gasteiger partial charge in [0.15, 0.2) is 6.23 Å². The smallest absolute Gasteiger partial charge is 0.369 e. The molecule has 4 aromatic rings. The highest BCUT2D eigenvalue weighted by Gasteiger charge is 2.37. The molecule has 0 aliphatic carbocycles. The molecule has 1 aliphatic rings. The highest BCUT2D eigenvalue weighted by Crippen LogP contribution is 2.43. The summed E-state index contributed by atoms with van der Waals surface area (Å²) in [6.07, 6.45) is -5.10. The molecule has 0 fully saturated rings. The number of aryl methyl sites for hydroxylation is 2. The number of rotatable bonds is 5. The largest absolute Gasteiger partial charge is 0.416 e. The standard InChI is InChI=1S/C27H21F5N4O2/c1-4-20-18-11-19(33-25(37)13-7-14(27(30,31)32)9-16(29)8-13)21-22(24(18)35-36(20)3)26(38)34-23(21)17-10-15(28)6-5-12(17)2/h4-11,23,25,33,37H,1H2,2-3H3,(H,34,38). The van der Waals surface area contributed by atoms with Crippen LogP contribution >= 0.6 is 0 Å². The van der Waals surface area contributed by atoms with Crippen LogP contribution in [0, 0.1) is 18.6 Å². The van der Waals surface area contributed by atoms with Crippen LogP contribution in [0.1, 0.15) is 56.1 Å². The number of carbonyl (C=O) groups is 1. The highest BCUT2D eigenvalue weighted by molar-refractivity contribution is 6.13. The van der Waals surface area contributed by atoms with Gasteiger partial charge in [-0.2, -0.15) is 18.3 Å². The number of nitrogens with one attached hydrogen (secondary N) is 2. The van der Waals surface area contributed by atoms with E-state index in [1.54, 1.807) is 26.1 Å². The predicted octanol–water partition coefficient (Wildman–Crippen LogP) is 5.76. The molecule has 2 heterocycles. The third-order valence-electron chi connectivity index (χ3n) is 6.61. The van der Waals surface area contributed by atoms with E-state index in [9.17, 15) is 31.9 Å². The Kier molecular flexibility index (Phi) is 5.98. The first-order valence-corrected chi connectivity index (χ1v) is 11.4. The Bertz CT molecular complexity index is 1630. The summed E-state index contributed by atoms with van der Waals surface area (Å²) in [7, 11) is 1.65. The Morgan fingerprint density at radius 1 is 1.16 bits per heavy atom. The van der Waals surface area contributed by atoms with E-state index >= 15 is 0 Å². The van der Waals surface area contributed by atoms with E-state index in [2.05, 4.69) is 22.3 Å². The maximum atomic E-state index is 14.2. The second-order valence-electron chi connectivity index (χ2n) is 9.05. The molecule has 2 unspecified atom stereocenters. The minimum atomic E-state index is -4.83. The van der Waals surface area contributed by atoms with Crippen LogP contribution in [0.25, 0.3) is 17.0 Å². The zero-order chi connectivity index (χ0) is 27.5. The molecule has 5 rings (SSSR count). The van der Waals surface area contributed by atoms with Gasteiger partial charge < -0.3 is 15.7 Å². The van der Waals surface area contributed by atoms with E-state index in [-0.39, 0.29) is 16.8 Å². The van der Waals surface area contributed by atoms with Gasteiger partial charge in [0.05, 0.1) is 22.9 Å². The molecule has 6 nitrogen and oxygen atoms in total. The molecule has 3 N–H and O–H groups in total. The number of carbonyl (C=O) groups excluding carboxylic acids is 1. The van der Waals surface area contributed by atoms with Gasteiger partial charge in [-0.3, -0.25) is 9.48 Å². The lowest BCUT2D eigenvalue weighted by atomic mass is 9.92. The van der Waals surface area contributed by atoms with E-state index < -0.39 is 41.6 Å². The van der Waals surface area contributed by atoms with Gasteiger partial charge in [0, 0.05) is 29.2 Å². The number of aliphatic hydroxyl groups excluding tert-OH is 1. The number of hydrogen-bond donors (Lipinski definition) is 3. The molecule has 3 aromatic carbocycles. The zero-order valence-corrected chi connectivity index (χ0v) is 20.1. The predicted molar refractivity (Wildman–Crippen MR) is 131 cm³/mol. The summed E-state index contributed by atoms with van der Waals surface area (Å²) in [4.78, 5) is 13.2. The minimum Gasteiger partial charge on any atom is -0.369 e. The lowest BCUT2D eigenvalue weighted by molar-refractivity contribution is -0.137. The molecule has 11 heteroatoms. The third kappa shape index (κ3) is 4.18. The maximum absolute atomic E-state index is 14.2. The number of fused-ring (bicyclic) bond motifs is 3. The van der Waals surface area contributed by atoms with E-state index in [1.807, 2.05) is 0 Å². The Labute approximate surface area is 213 Å². The SMILES string of the molecule is C=Cc1c2cc(NC(O)c3cc(F)cc(C(F)(F)F)c3)c3c(c2nn1C)C(=O)NC3c1cc(F)ccc1C. The van der Waals surface area contributed by atoms with Gasteiger partial charge in [-0.15, -0.1) is 0 Å². The Morgan fingerprint density at radius 3 is 2.58 bits per heavy atom. The van der Waals surface area contributed by atoms with Crippen molar-refractivity contribution in [1.29, 1.82) is 0 Å². The minimum absolute atomic E-state index is 0.157. The van der Waals surface area contributed by atoms with Crippen LogP contribution in [-0.4, -0.2) is 20.8 Å². The number of halogens is 5. The molecular weight excluding hydrogens is 507 g/mol. The van der Waals surface area contributed by atoms with Gasteiger partial charge >= 0.3 is 6.18 Å². The lowest BCUT2D eigenvalue weighted by Crippen LogP contribution is -2.21. The van der Waals surface area contributed by atoms with E-state index in [4.69, 9.17) is 0 Å². The number of nitrogens with zero attached hydrogens (tertiary/aromatic N) is 2. The first kappa shape index (κ1) is 25.4. The molecular formula is C27H21F5N4O2. The van der Waals surface area contributed by atoms with Gasteiger partial charge in [-0.05, 0) is 60.5 Å². The van der Waals surface area contributed by atoms with Crippen molar-refractivity contribution in [3.63, 3.8) is 0 Å². The fourth-order valence-corrected chi connectivity index (χ4v) is 4.85. The molecule has 1 aromatic heterocycles. The van der Waals surface area contributed by atoms with Crippen LogP contribution in [0.4, 0.5) is 27.6 Å². The average molecular weight is 528 g/mol. The molecule has 2 atom stereocenters. The molecule has 0 radical (unpaired) electrons. The van der Waals surface area contributed by atoms with Crippen LogP contribution in [0.15, 0.2) is 49.0 Å². The Morgan fingerprint density at radius 2 is 1.89 bits per heavy atom. The van der Waals surface area contributed by atoms with Crippen LogP contribution in [-0.2, 0) is 13.2 Å². The van der Waals surface area contributed by atoms with E-state index in [0.29, 0.717) is 45.4 Å². The van der Waals surface area contributed by atoms with E-state index in [1.165, 1.54) is 22.9 Å². The first-order chi connectivity index (χ1) is 17.9. The second kappa shape index (κ2) is 8.95. The van der Waals surface area contributed by atoms with Crippen LogP contribution in [0.5, 0.6) is 0 Å². The monoisotopic (exact) mass is 528 g/mol. The number of aliphatic hydroxyl groups is 1. The highest BCUT2D eigenvalue weighted by atomic mass is 19.4. The average Bonchev–Trinajstić information content (AvgIpc) is 3.35. The zero-order valence-electron chi connectivity index (χ0n) is 20.1. The molecule has 0 spiro atoms. The van der Waals surface area contributed by atoms with Gasteiger partial charge in [-0.1, -0.05) is 12.6 Å². The van der Waals surface area contributed by atoms with Crippen molar-refractivity contribution in [2.45, 2.75) is 25.4 Å². The number of anilines is 1. The normalized spacial score (nSPS) is 15.9. The van der Waals surface area contributed by atoms with Gasteiger partial charge in [0.1, 0.15) is 17.2 Å². The summed E-state index contributed by atoms with van der Waals surface area (Å²) >= 11 is 0. The molecule has 0 saturated heterocycles. The quantitative estimate of drug-likeness (QED) is 0.228. The molecule has 1 aliphatic heterocycles. The van der Waals surface area contributed by atoms with Crippen molar-refractivity contribution in [1.82, 2.24) is 15.1 Å². The molecule has 0 saturated carbocycles. The summed E-state index contributed by atoms with van der Waals surface area (Å²) in [6, 6.07) is 6.57. The van der Waals surface area contributed by atoms with Crippen molar-refractivity contribution in [2.24, 2.45) is 7.05 Å². The van der Waals surface area contributed by atoms with Crippen molar-refractivity contribution < 1.29 is 31.9 Å². The summed E-state index contributed by atoms with van der Waals surface area (Å²) in [5, 5.41) is 21.4. The van der Waals surface area contributed by atoms with E-state index in [0.717, 1.165) is 6.07 Å². The van der Waals surface area contributed by atoms with Crippen molar-refractivity contribution in [3.8, 4) is 0 Å². The molecule has 38 heavy (non-hydrogen) atoms. The fraction of sp³-hybridized carbons (Fsp3) is 0.185. The number of benzene rings is 3. The second-order valence-corrected chi connectivity index (χ2v) is 9.05. The van der Waals surface area contributed by atoms with Gasteiger partial charge in [0.2, 0.25) is 0 Å². The van der Waals surface area contributed by atoms with Crippen LogP contribution in [0.3, 0.4) is 0 Å². The molecule has 1 amide bonds. The van der Waals surface area contributed by atoms with Crippen molar-refractivity contribution in [3.05, 3.63) is 99.8 Å². The summed E-state index contributed by atoms with van der Waals surface area (Å²) in [5.74, 6) is -2.21. The molecule has 0 bridgehead atoms. The topological polar surface area (TPSA) is 79.2 Å². The number of alkyl halides is 3. The van der Waals surface area contributed by atoms with Crippen LogP contribution in [0.2, 0.25) is 0 Å². The van der Waals surface area contributed by atoms with Crippen molar-refractivity contribution in [2.75, 3.05) is 5.32 Å². The third-order valence-corrected chi connectivity index (χ3v) is 6.61. The maximum Gasteiger partial charge on any atom is 0.416 e. The number of amides is 1. The number of hydrogen-bond acceptors (Lipinski definition) is 4. The first-order valence-electron chi connectivity index (χ1n) is 11.4. The summed E-state index contributed by atoms with van der Waals surface area (Å²) in [6.45, 7) is 5.51. The van der Waals surface area contributed by atoms with Gasteiger partial charge in [0.25, 0.3) is 5.91 Å². The van der Waals surface area contributed by atoms with Gasteiger partial charge in [-0.25, -0.2) is 8.78 Å². The lowest BCUT2D eigenvalue weighted by Gasteiger charge is -2.22. The Hall–Kier alpha value is -4.25. The fourth-order valence-electron chi connectivity index (χ4n) is 4.85. The van der Waals surface area contributed by atoms with Crippen molar-refractivity contribution >= 4 is 28.6 Å². The summed E-state index contributed by atoms with van der Waals surface area (Å²) in [5.41, 5.74) is 0.989. The van der Waals surface area contributed by atoms with Crippen LogP contribution < -0.4 is 10.6 Å². The number of aromatic nitrogens is 2.